The molecule has 198 valence electrons. The number of hydrogen-bond acceptors (Lipinski definition) is 8. The van der Waals surface area contributed by atoms with Crippen molar-refractivity contribution in [2.45, 2.75) is 13.0 Å². The highest BCUT2D eigenvalue weighted by molar-refractivity contribution is 9.10. The van der Waals surface area contributed by atoms with Crippen molar-refractivity contribution in [1.82, 2.24) is 9.66 Å². The van der Waals surface area contributed by atoms with E-state index in [4.69, 9.17) is 18.9 Å². The summed E-state index contributed by atoms with van der Waals surface area (Å²) in [7, 11) is 5.10. The molecule has 0 saturated carbocycles. The first-order chi connectivity index (χ1) is 18.7. The Bertz CT molecular complexity index is 1790. The first-order valence-electron chi connectivity index (χ1n) is 12.1. The van der Waals surface area contributed by atoms with Crippen molar-refractivity contribution in [3.05, 3.63) is 87.1 Å². The van der Waals surface area contributed by atoms with Gasteiger partial charge in [0.2, 0.25) is 5.82 Å². The number of nitrogens with zero attached hydrogens (tertiary/aromatic N) is 4. The van der Waals surface area contributed by atoms with Crippen molar-refractivity contribution in [2.24, 2.45) is 5.10 Å². The minimum atomic E-state index is -0.852. The number of carbonyl (C=O) groups excluding carboxylic acids is 1. The molecular formula is C29H25BrN4O5. The molecule has 0 N–H and O–H groups in total. The number of halogens is 1. The quantitative estimate of drug-likeness (QED) is 0.184. The lowest BCUT2D eigenvalue weighted by Crippen LogP contribution is -2.25. The molecule has 0 unspecified atom stereocenters. The summed E-state index contributed by atoms with van der Waals surface area (Å²) < 4.78 is 18.9. The van der Waals surface area contributed by atoms with Gasteiger partial charge in [0.05, 0.1) is 24.2 Å². The van der Waals surface area contributed by atoms with Crippen molar-refractivity contribution >= 4 is 55.7 Å². The molecule has 0 aliphatic heterocycles. The second-order valence-electron chi connectivity index (χ2n) is 9.01. The van der Waals surface area contributed by atoms with E-state index in [1.807, 2.05) is 55.4 Å². The van der Waals surface area contributed by atoms with E-state index >= 15 is 0 Å². The van der Waals surface area contributed by atoms with Crippen LogP contribution in [-0.2, 0) is 9.53 Å². The van der Waals surface area contributed by atoms with Crippen molar-refractivity contribution in [3.8, 4) is 17.3 Å². The van der Waals surface area contributed by atoms with Crippen molar-refractivity contribution in [3.63, 3.8) is 0 Å². The van der Waals surface area contributed by atoms with Gasteiger partial charge in [-0.05, 0) is 55.5 Å². The summed E-state index contributed by atoms with van der Waals surface area (Å²) in [6.07, 6.45) is 0.648. The molecular weight excluding hydrogens is 564 g/mol. The Morgan fingerprint density at radius 1 is 1.13 bits per heavy atom. The highest BCUT2D eigenvalue weighted by Gasteiger charge is 2.19. The molecule has 3 aromatic carbocycles. The zero-order chi connectivity index (χ0) is 27.7. The lowest BCUT2D eigenvalue weighted by atomic mass is 10.2. The summed E-state index contributed by atoms with van der Waals surface area (Å²) in [4.78, 5) is 32.3. The van der Waals surface area contributed by atoms with Crippen LogP contribution in [0, 0.1) is 0 Å². The minimum absolute atomic E-state index is 0.248. The molecule has 0 saturated heterocycles. The summed E-state index contributed by atoms with van der Waals surface area (Å²) >= 11 is 3.48. The summed E-state index contributed by atoms with van der Waals surface area (Å²) in [5.41, 5.74) is 2.23. The Labute approximate surface area is 232 Å². The fourth-order valence-corrected chi connectivity index (χ4v) is 4.43. The molecule has 0 spiro atoms. The van der Waals surface area contributed by atoms with Crippen LogP contribution < -0.4 is 15.2 Å². The number of para-hydroxylation sites is 1. The molecule has 0 radical (unpaired) electrons. The minimum Gasteiger partial charge on any atom is -0.478 e. The molecule has 2 heterocycles. The maximum atomic E-state index is 13.6. The smallest absolute Gasteiger partial charge is 0.346 e. The van der Waals surface area contributed by atoms with Crippen LogP contribution in [0.25, 0.3) is 33.5 Å². The Hall–Kier alpha value is -4.44. The molecule has 5 aromatic rings. The highest BCUT2D eigenvalue weighted by Crippen LogP contribution is 2.30. The second-order valence-corrected chi connectivity index (χ2v) is 9.92. The molecule has 0 fully saturated rings. The van der Waals surface area contributed by atoms with Gasteiger partial charge >= 0.3 is 5.97 Å². The maximum absolute atomic E-state index is 13.6. The van der Waals surface area contributed by atoms with E-state index in [0.29, 0.717) is 33.6 Å². The van der Waals surface area contributed by atoms with Gasteiger partial charge in [-0.2, -0.15) is 9.78 Å². The van der Waals surface area contributed by atoms with Gasteiger partial charge in [0.15, 0.2) is 11.9 Å². The predicted molar refractivity (Wildman–Crippen MR) is 155 cm³/mol. The third-order valence-electron chi connectivity index (χ3n) is 6.12. The Balaban J connectivity index is 1.66. The van der Waals surface area contributed by atoms with Crippen LogP contribution in [0.4, 0.5) is 5.69 Å². The average Bonchev–Trinajstić information content (AvgIpc) is 3.35. The van der Waals surface area contributed by atoms with E-state index in [1.165, 1.54) is 18.0 Å². The standard InChI is InChI=1S/C29H25BrN4O5/c1-17(29(36)37-4)38-25-15-21(33(2)3)11-9-18(25)16-31-34-27(32-23-8-6-5-7-22(23)28(34)35)26-14-19-13-20(30)10-12-24(19)39-26/h5-17H,1-4H3/t17-/m1/s1. The topological polar surface area (TPSA) is 99.2 Å². The molecule has 9 nitrogen and oxygen atoms in total. The van der Waals surface area contributed by atoms with Gasteiger partial charge in [-0.1, -0.05) is 28.1 Å². The zero-order valence-corrected chi connectivity index (χ0v) is 23.3. The number of hydrogen-bond donors (Lipinski definition) is 0. The monoisotopic (exact) mass is 588 g/mol. The molecule has 0 amide bonds. The van der Waals surface area contributed by atoms with Crippen molar-refractivity contribution < 1.29 is 18.7 Å². The maximum Gasteiger partial charge on any atom is 0.346 e. The van der Waals surface area contributed by atoms with Crippen LogP contribution in [0.3, 0.4) is 0 Å². The van der Waals surface area contributed by atoms with Crippen LogP contribution in [0.5, 0.6) is 5.75 Å². The number of esters is 1. The first kappa shape index (κ1) is 26.2. The molecule has 5 rings (SSSR count). The van der Waals surface area contributed by atoms with Gasteiger partial charge in [0.1, 0.15) is 11.3 Å². The largest absolute Gasteiger partial charge is 0.478 e. The van der Waals surface area contributed by atoms with Crippen LogP contribution in [0.2, 0.25) is 0 Å². The van der Waals surface area contributed by atoms with Gasteiger partial charge in [-0.15, -0.1) is 0 Å². The summed E-state index contributed by atoms with van der Waals surface area (Å²) in [6.45, 7) is 1.60. The number of carbonyl (C=O) groups is 1. The number of methoxy groups -OCH3 is 1. The van der Waals surface area contributed by atoms with Gasteiger partial charge < -0.3 is 18.8 Å². The van der Waals surface area contributed by atoms with Crippen molar-refractivity contribution in [2.75, 3.05) is 26.1 Å². The lowest BCUT2D eigenvalue weighted by molar-refractivity contribution is -0.147. The van der Waals surface area contributed by atoms with E-state index in [9.17, 15) is 9.59 Å². The Morgan fingerprint density at radius 3 is 2.69 bits per heavy atom. The lowest BCUT2D eigenvalue weighted by Gasteiger charge is -2.18. The van der Waals surface area contributed by atoms with Crippen LogP contribution in [-0.4, -0.2) is 49.2 Å². The Kier molecular flexibility index (Phi) is 7.21. The number of benzene rings is 3. The number of aromatic nitrogens is 2. The average molecular weight is 589 g/mol. The molecule has 1 atom stereocenters. The molecule has 2 aromatic heterocycles. The van der Waals surface area contributed by atoms with Crippen LogP contribution in [0.15, 0.2) is 85.5 Å². The molecule has 0 bridgehead atoms. The van der Waals surface area contributed by atoms with Crippen molar-refractivity contribution in [1.29, 1.82) is 0 Å². The molecule has 10 heteroatoms. The third-order valence-corrected chi connectivity index (χ3v) is 6.61. The Morgan fingerprint density at radius 2 is 1.92 bits per heavy atom. The van der Waals surface area contributed by atoms with E-state index in [2.05, 4.69) is 21.0 Å². The van der Waals surface area contributed by atoms with Gasteiger partial charge in [-0.3, -0.25) is 4.79 Å². The molecule has 0 aliphatic carbocycles. The third kappa shape index (κ3) is 5.28. The van der Waals surface area contributed by atoms with E-state index in [1.54, 1.807) is 37.3 Å². The van der Waals surface area contributed by atoms with Gasteiger partial charge in [0.25, 0.3) is 5.56 Å². The van der Waals surface area contributed by atoms with E-state index in [0.717, 1.165) is 15.5 Å². The number of furan rings is 1. The van der Waals surface area contributed by atoms with Crippen LogP contribution >= 0.6 is 15.9 Å². The number of ether oxygens (including phenoxy) is 2. The summed E-state index contributed by atoms with van der Waals surface area (Å²) in [6, 6.07) is 20.0. The van der Waals surface area contributed by atoms with E-state index < -0.39 is 12.1 Å². The second kappa shape index (κ2) is 10.7. The fourth-order valence-electron chi connectivity index (χ4n) is 4.05. The van der Waals surface area contributed by atoms with E-state index in [-0.39, 0.29) is 11.4 Å². The van der Waals surface area contributed by atoms with Gasteiger partial charge in [-0.25, -0.2) is 9.78 Å². The number of rotatable bonds is 7. The van der Waals surface area contributed by atoms with Crippen LogP contribution in [0.1, 0.15) is 12.5 Å². The highest BCUT2D eigenvalue weighted by atomic mass is 79.9. The summed E-state index contributed by atoms with van der Waals surface area (Å²) in [5, 5.41) is 5.80. The summed E-state index contributed by atoms with van der Waals surface area (Å²) in [5.74, 6) is 0.529. The number of anilines is 1. The fraction of sp³-hybridized carbons (Fsp3) is 0.172. The van der Waals surface area contributed by atoms with Gasteiger partial charge in [0, 0.05) is 41.3 Å². The SMILES string of the molecule is COC(=O)[C@@H](C)Oc1cc(N(C)C)ccc1C=Nn1c(-c2cc3cc(Br)ccc3o2)nc2ccccc2c1=O. The zero-order valence-electron chi connectivity index (χ0n) is 21.7. The normalized spacial score (nSPS) is 12.2. The molecule has 0 aliphatic rings. The predicted octanol–water partition coefficient (Wildman–Crippen LogP) is 5.46. The number of fused-ring (bicyclic) bond motifs is 2. The molecule has 39 heavy (non-hydrogen) atoms. The first-order valence-corrected chi connectivity index (χ1v) is 12.9.